The first kappa shape index (κ1) is 12.0. The molecule has 1 aromatic carbocycles. The van der Waals surface area contributed by atoms with Crippen LogP contribution in [0.5, 0.6) is 0 Å². The van der Waals surface area contributed by atoms with Gasteiger partial charge in [-0.25, -0.2) is 13.6 Å². The number of hydrogen-bond donors (Lipinski definition) is 1. The number of aliphatic carboxylic acids is 1. The Balaban J connectivity index is 3.46. The minimum absolute atomic E-state index is 0.553. The van der Waals surface area contributed by atoms with Gasteiger partial charge in [-0.1, -0.05) is 30.3 Å². The number of nitrogens with zero attached hydrogens (tertiary/aromatic N) is 1. The molecule has 0 amide bonds. The van der Waals surface area contributed by atoms with Crippen molar-refractivity contribution in [2.75, 3.05) is 0 Å². The zero-order chi connectivity index (χ0) is 12.3. The molecular weight excluding hydrogens is 224 g/mol. The summed E-state index contributed by atoms with van der Waals surface area (Å²) < 4.78 is 25.4. The summed E-state index contributed by atoms with van der Waals surface area (Å²) in [4.78, 5) is 20.0. The lowest BCUT2D eigenvalue weighted by Gasteiger charge is -2.19. The molecule has 0 saturated heterocycles. The molecule has 1 atom stereocenters. The molecule has 1 rings (SSSR count). The van der Waals surface area contributed by atoms with Crippen LogP contribution in [0, 0.1) is 10.1 Å². The van der Waals surface area contributed by atoms with Gasteiger partial charge in [0.15, 0.2) is 0 Å². The van der Waals surface area contributed by atoms with E-state index < -0.39 is 28.4 Å². The third-order valence-electron chi connectivity index (χ3n) is 2.14. The minimum atomic E-state index is -3.64. The topological polar surface area (TPSA) is 80.4 Å². The van der Waals surface area contributed by atoms with E-state index in [0.717, 1.165) is 12.1 Å². The first-order valence-electron chi connectivity index (χ1n) is 4.15. The summed E-state index contributed by atoms with van der Waals surface area (Å²) in [5.41, 5.74) is -3.95. The van der Waals surface area contributed by atoms with Gasteiger partial charge < -0.3 is 5.11 Å². The molecule has 0 bridgehead atoms. The maximum atomic E-state index is 12.7. The van der Waals surface area contributed by atoms with Crippen LogP contribution in [0.1, 0.15) is 5.56 Å². The molecule has 5 nitrogen and oxygen atoms in total. The van der Waals surface area contributed by atoms with Gasteiger partial charge in [-0.2, -0.15) is 0 Å². The average molecular weight is 231 g/mol. The molecule has 0 heterocycles. The van der Waals surface area contributed by atoms with Gasteiger partial charge in [0.05, 0.1) is 0 Å². The lowest BCUT2D eigenvalue weighted by Crippen LogP contribution is -2.49. The molecule has 0 aliphatic carbocycles. The fraction of sp³-hybridized carbons (Fsp3) is 0.222. The quantitative estimate of drug-likeness (QED) is 0.629. The number of benzene rings is 1. The second-order valence-electron chi connectivity index (χ2n) is 3.00. The van der Waals surface area contributed by atoms with Gasteiger partial charge in [0.1, 0.15) is 0 Å². The lowest BCUT2D eigenvalue weighted by atomic mass is 9.91. The number of hydrogen-bond acceptors (Lipinski definition) is 3. The van der Waals surface area contributed by atoms with Crippen LogP contribution in [-0.2, 0) is 10.3 Å². The summed E-state index contributed by atoms with van der Waals surface area (Å²) >= 11 is 0. The summed E-state index contributed by atoms with van der Waals surface area (Å²) in [7, 11) is 0. The Morgan fingerprint density at radius 3 is 2.19 bits per heavy atom. The van der Waals surface area contributed by atoms with Crippen molar-refractivity contribution in [1.29, 1.82) is 0 Å². The lowest BCUT2D eigenvalue weighted by molar-refractivity contribution is -0.580. The second kappa shape index (κ2) is 4.21. The van der Waals surface area contributed by atoms with Gasteiger partial charge in [0.25, 0.3) is 0 Å². The fourth-order valence-corrected chi connectivity index (χ4v) is 1.30. The van der Waals surface area contributed by atoms with Crippen LogP contribution in [0.2, 0.25) is 0 Å². The van der Waals surface area contributed by atoms with E-state index in [0.29, 0.717) is 0 Å². The number of carbonyl (C=O) groups is 1. The van der Waals surface area contributed by atoms with Crippen molar-refractivity contribution in [3.8, 4) is 0 Å². The summed E-state index contributed by atoms with van der Waals surface area (Å²) in [5.74, 6) is -2.18. The zero-order valence-electron chi connectivity index (χ0n) is 7.84. The highest BCUT2D eigenvalue weighted by molar-refractivity contribution is 5.79. The smallest absolute Gasteiger partial charge is 0.400 e. The van der Waals surface area contributed by atoms with Crippen LogP contribution >= 0.6 is 0 Å². The molecule has 0 radical (unpaired) electrons. The standard InChI is InChI=1S/C9H7F2NO4/c10-7(11)9(8(13)14,12(15)16)6-4-2-1-3-5-6/h1-5,7H,(H,13,14). The average Bonchev–Trinajstić information content (AvgIpc) is 2.18. The molecular formula is C9H7F2NO4. The van der Waals surface area contributed by atoms with Crippen molar-refractivity contribution in [2.45, 2.75) is 12.0 Å². The van der Waals surface area contributed by atoms with Crippen molar-refractivity contribution in [2.24, 2.45) is 0 Å². The minimum Gasteiger partial charge on any atom is -0.475 e. The number of rotatable bonds is 4. The fourth-order valence-electron chi connectivity index (χ4n) is 1.30. The van der Waals surface area contributed by atoms with Crippen LogP contribution in [0.25, 0.3) is 0 Å². The number of carboxylic acid groups (broad SMARTS) is 1. The van der Waals surface area contributed by atoms with E-state index in [9.17, 15) is 23.7 Å². The summed E-state index contributed by atoms with van der Waals surface area (Å²) in [6.07, 6.45) is -3.64. The predicted octanol–water partition coefficient (Wildman–Crippen LogP) is 1.51. The Bertz CT molecular complexity index is 393. The monoisotopic (exact) mass is 231 g/mol. The van der Waals surface area contributed by atoms with E-state index in [2.05, 4.69) is 0 Å². The van der Waals surface area contributed by atoms with E-state index in [1.54, 1.807) is 0 Å². The number of carboxylic acids is 1. The van der Waals surface area contributed by atoms with E-state index >= 15 is 0 Å². The Kier molecular flexibility index (Phi) is 3.17. The van der Waals surface area contributed by atoms with Gasteiger partial charge in [-0.15, -0.1) is 0 Å². The van der Waals surface area contributed by atoms with E-state index in [1.807, 2.05) is 0 Å². The van der Waals surface area contributed by atoms with E-state index in [4.69, 9.17) is 5.11 Å². The molecule has 86 valence electrons. The van der Waals surface area contributed by atoms with E-state index in [1.165, 1.54) is 18.2 Å². The molecule has 1 N–H and O–H groups in total. The van der Waals surface area contributed by atoms with Crippen molar-refractivity contribution in [1.82, 2.24) is 0 Å². The molecule has 0 fully saturated rings. The first-order valence-corrected chi connectivity index (χ1v) is 4.15. The van der Waals surface area contributed by atoms with Crippen LogP contribution in [0.4, 0.5) is 8.78 Å². The Morgan fingerprint density at radius 1 is 1.38 bits per heavy atom. The summed E-state index contributed by atoms with van der Waals surface area (Å²) in [5, 5.41) is 19.3. The molecule has 7 heteroatoms. The molecule has 1 unspecified atom stereocenters. The number of halogens is 2. The van der Waals surface area contributed by atoms with Crippen molar-refractivity contribution < 1.29 is 23.6 Å². The molecule has 1 aromatic rings. The molecule has 0 saturated carbocycles. The maximum absolute atomic E-state index is 12.7. The predicted molar refractivity (Wildman–Crippen MR) is 48.8 cm³/mol. The highest BCUT2D eigenvalue weighted by Crippen LogP contribution is 2.32. The summed E-state index contributed by atoms with van der Waals surface area (Å²) in [6.45, 7) is 0. The van der Waals surface area contributed by atoms with Crippen molar-refractivity contribution >= 4 is 5.97 Å². The molecule has 16 heavy (non-hydrogen) atoms. The highest BCUT2D eigenvalue weighted by atomic mass is 19.3. The molecule has 0 spiro atoms. The van der Waals surface area contributed by atoms with Crippen LogP contribution in [0.15, 0.2) is 30.3 Å². The highest BCUT2D eigenvalue weighted by Gasteiger charge is 2.61. The normalized spacial score (nSPS) is 14.4. The van der Waals surface area contributed by atoms with Crippen LogP contribution < -0.4 is 0 Å². The van der Waals surface area contributed by atoms with Gasteiger partial charge in [0, 0.05) is 10.5 Å². The van der Waals surface area contributed by atoms with Crippen LogP contribution in [-0.4, -0.2) is 22.4 Å². The van der Waals surface area contributed by atoms with Crippen LogP contribution in [0.3, 0.4) is 0 Å². The van der Waals surface area contributed by atoms with Gasteiger partial charge in [0.2, 0.25) is 0 Å². The maximum Gasteiger partial charge on any atom is 0.400 e. The van der Waals surface area contributed by atoms with Gasteiger partial charge in [-0.3, -0.25) is 10.1 Å². The van der Waals surface area contributed by atoms with Gasteiger partial charge in [-0.05, 0) is 0 Å². The summed E-state index contributed by atoms with van der Waals surface area (Å²) in [6, 6.07) is 5.95. The Morgan fingerprint density at radius 2 is 1.88 bits per heavy atom. The Labute approximate surface area is 88.5 Å². The van der Waals surface area contributed by atoms with Gasteiger partial charge >= 0.3 is 17.9 Å². The SMILES string of the molecule is O=C(O)C(c1ccccc1)(C(F)F)[N+](=O)[O-]. The van der Waals surface area contributed by atoms with Crippen molar-refractivity contribution in [3.63, 3.8) is 0 Å². The third kappa shape index (κ3) is 1.60. The third-order valence-corrected chi connectivity index (χ3v) is 2.14. The van der Waals surface area contributed by atoms with Crippen molar-refractivity contribution in [3.05, 3.63) is 46.0 Å². The number of nitro groups is 1. The second-order valence-corrected chi connectivity index (χ2v) is 3.00. The largest absolute Gasteiger partial charge is 0.475 e. The zero-order valence-corrected chi connectivity index (χ0v) is 7.84. The Hall–Kier alpha value is -2.05. The van der Waals surface area contributed by atoms with E-state index in [-0.39, 0.29) is 0 Å². The molecule has 0 aromatic heterocycles. The number of alkyl halides is 2. The molecule has 0 aliphatic rings. The first-order chi connectivity index (χ1) is 7.44. The molecule has 0 aliphatic heterocycles.